The van der Waals surface area contributed by atoms with Gasteiger partial charge in [-0.15, -0.1) is 11.3 Å². The van der Waals surface area contributed by atoms with Crippen molar-refractivity contribution in [1.29, 1.82) is 0 Å². The van der Waals surface area contributed by atoms with E-state index >= 15 is 0 Å². The molecule has 5 nitrogen and oxygen atoms in total. The van der Waals surface area contributed by atoms with Crippen LogP contribution in [-0.4, -0.2) is 25.1 Å². The lowest BCUT2D eigenvalue weighted by atomic mass is 9.88. The van der Waals surface area contributed by atoms with E-state index < -0.39 is 0 Å². The lowest BCUT2D eigenvalue weighted by Crippen LogP contribution is -2.17. The Morgan fingerprint density at radius 3 is 2.76 bits per heavy atom. The highest BCUT2D eigenvalue weighted by molar-refractivity contribution is 7.17. The first-order valence-electron chi connectivity index (χ1n) is 9.97. The number of hydrogen-bond acceptors (Lipinski definition) is 5. The van der Waals surface area contributed by atoms with Gasteiger partial charge < -0.3 is 14.8 Å². The van der Waals surface area contributed by atoms with Crippen LogP contribution in [0.5, 0.6) is 5.75 Å². The summed E-state index contributed by atoms with van der Waals surface area (Å²) < 4.78 is 10.9. The molecule has 3 rings (SSSR count). The Bertz CT molecular complexity index is 862. The Morgan fingerprint density at radius 1 is 1.28 bits per heavy atom. The molecular formula is C22H26ClNO4S. The third-order valence-electron chi connectivity index (χ3n) is 4.87. The summed E-state index contributed by atoms with van der Waals surface area (Å²) >= 11 is 7.36. The molecule has 156 valence electrons. The molecule has 29 heavy (non-hydrogen) atoms. The van der Waals surface area contributed by atoms with Crippen molar-refractivity contribution < 1.29 is 19.1 Å². The number of rotatable bonds is 8. The fraction of sp³-hybridized carbons (Fsp3) is 0.455. The molecule has 0 bridgehead atoms. The van der Waals surface area contributed by atoms with Crippen LogP contribution < -0.4 is 10.1 Å². The van der Waals surface area contributed by atoms with Crippen LogP contribution in [0, 0.1) is 5.92 Å². The number of carbonyl (C=O) groups is 2. The largest absolute Gasteiger partial charge is 0.494 e. The van der Waals surface area contributed by atoms with E-state index in [-0.39, 0.29) is 11.9 Å². The smallest absolute Gasteiger partial charge is 0.341 e. The Hall–Kier alpha value is -2.05. The molecule has 0 radical (unpaired) electrons. The van der Waals surface area contributed by atoms with Gasteiger partial charge in [0.15, 0.2) is 0 Å². The van der Waals surface area contributed by atoms with Gasteiger partial charge in [-0.2, -0.15) is 0 Å². The second kappa shape index (κ2) is 10.1. The Morgan fingerprint density at radius 2 is 2.03 bits per heavy atom. The fourth-order valence-electron chi connectivity index (χ4n) is 3.40. The van der Waals surface area contributed by atoms with Crippen molar-refractivity contribution in [3.8, 4) is 5.75 Å². The Labute approximate surface area is 180 Å². The summed E-state index contributed by atoms with van der Waals surface area (Å²) in [5.41, 5.74) is 1.59. The predicted octanol–water partition coefficient (Wildman–Crippen LogP) is 5.50. The second-order valence-corrected chi connectivity index (χ2v) is 8.77. The van der Waals surface area contributed by atoms with Gasteiger partial charge in [0.2, 0.25) is 5.91 Å². The molecule has 1 aliphatic carbocycles. The molecule has 1 aromatic heterocycles. The first-order chi connectivity index (χ1) is 14.0. The van der Waals surface area contributed by atoms with E-state index in [2.05, 4.69) is 12.2 Å². The SMILES string of the molecule is CCOC(=O)c1c(NC(=O)CCCOc2ccc(Cl)cc2)sc2c1CCC(C)C2. The highest BCUT2D eigenvalue weighted by Gasteiger charge is 2.29. The average molecular weight is 436 g/mol. The number of amides is 1. The zero-order chi connectivity index (χ0) is 20.8. The van der Waals surface area contributed by atoms with Crippen LogP contribution in [0.3, 0.4) is 0 Å². The number of benzene rings is 1. The molecule has 0 saturated heterocycles. The van der Waals surface area contributed by atoms with E-state index in [0.717, 1.165) is 30.6 Å². The lowest BCUT2D eigenvalue weighted by Gasteiger charge is -2.18. The molecule has 7 heteroatoms. The lowest BCUT2D eigenvalue weighted by molar-refractivity contribution is -0.116. The van der Waals surface area contributed by atoms with Gasteiger partial charge in [0.1, 0.15) is 10.8 Å². The minimum atomic E-state index is -0.346. The monoisotopic (exact) mass is 435 g/mol. The van der Waals surface area contributed by atoms with Crippen LogP contribution >= 0.6 is 22.9 Å². The molecule has 0 spiro atoms. The first kappa shape index (κ1) is 21.7. The molecule has 0 saturated carbocycles. The Kier molecular flexibility index (Phi) is 7.56. The third-order valence-corrected chi connectivity index (χ3v) is 6.30. The Balaban J connectivity index is 1.59. The summed E-state index contributed by atoms with van der Waals surface area (Å²) in [4.78, 5) is 26.1. The van der Waals surface area contributed by atoms with Gasteiger partial charge in [-0.05, 0) is 68.4 Å². The van der Waals surface area contributed by atoms with Crippen molar-refractivity contribution in [3.05, 3.63) is 45.3 Å². The molecular weight excluding hydrogens is 410 g/mol. The van der Waals surface area contributed by atoms with E-state index in [1.54, 1.807) is 31.2 Å². The number of halogens is 1. The van der Waals surface area contributed by atoms with Crippen molar-refractivity contribution in [2.24, 2.45) is 5.92 Å². The second-order valence-electron chi connectivity index (χ2n) is 7.23. The van der Waals surface area contributed by atoms with Crippen LogP contribution in [-0.2, 0) is 22.4 Å². The summed E-state index contributed by atoms with van der Waals surface area (Å²) in [5, 5.41) is 4.21. The topological polar surface area (TPSA) is 64.6 Å². The summed E-state index contributed by atoms with van der Waals surface area (Å²) in [6.45, 7) is 4.75. The van der Waals surface area contributed by atoms with Gasteiger partial charge in [0.25, 0.3) is 0 Å². The van der Waals surface area contributed by atoms with E-state index in [1.165, 1.54) is 16.2 Å². The minimum Gasteiger partial charge on any atom is -0.494 e. The normalized spacial score (nSPS) is 15.5. The zero-order valence-electron chi connectivity index (χ0n) is 16.8. The molecule has 2 aromatic rings. The minimum absolute atomic E-state index is 0.123. The van der Waals surface area contributed by atoms with Gasteiger partial charge in [-0.3, -0.25) is 4.79 Å². The summed E-state index contributed by atoms with van der Waals surface area (Å²) in [5.74, 6) is 0.840. The van der Waals surface area contributed by atoms with Crippen molar-refractivity contribution in [2.45, 2.75) is 46.0 Å². The van der Waals surface area contributed by atoms with Gasteiger partial charge in [0.05, 0.1) is 18.8 Å². The van der Waals surface area contributed by atoms with Crippen LogP contribution in [0.4, 0.5) is 5.00 Å². The number of thiophene rings is 1. The molecule has 1 aliphatic rings. The first-order valence-corrected chi connectivity index (χ1v) is 11.2. The highest BCUT2D eigenvalue weighted by atomic mass is 35.5. The average Bonchev–Trinajstić information content (AvgIpc) is 3.03. The van der Waals surface area contributed by atoms with Crippen LogP contribution in [0.15, 0.2) is 24.3 Å². The zero-order valence-corrected chi connectivity index (χ0v) is 18.3. The maximum Gasteiger partial charge on any atom is 0.341 e. The third kappa shape index (κ3) is 5.73. The van der Waals surface area contributed by atoms with Crippen molar-refractivity contribution in [2.75, 3.05) is 18.5 Å². The van der Waals surface area contributed by atoms with E-state index in [9.17, 15) is 9.59 Å². The van der Waals surface area contributed by atoms with Crippen LogP contribution in [0.25, 0.3) is 0 Å². The van der Waals surface area contributed by atoms with Gasteiger partial charge in [-0.1, -0.05) is 18.5 Å². The van der Waals surface area contributed by atoms with Crippen LogP contribution in [0.1, 0.15) is 53.9 Å². The number of esters is 1. The number of nitrogens with one attached hydrogen (secondary N) is 1. The van der Waals surface area contributed by atoms with Gasteiger partial charge in [-0.25, -0.2) is 4.79 Å². The van der Waals surface area contributed by atoms with Gasteiger partial charge in [0, 0.05) is 16.3 Å². The number of ether oxygens (including phenoxy) is 2. The summed E-state index contributed by atoms with van der Waals surface area (Å²) in [6, 6.07) is 7.12. The molecule has 1 N–H and O–H groups in total. The predicted molar refractivity (Wildman–Crippen MR) is 116 cm³/mol. The fourth-order valence-corrected chi connectivity index (χ4v) is 4.94. The molecule has 1 unspecified atom stereocenters. The number of hydrogen-bond donors (Lipinski definition) is 1. The number of anilines is 1. The van der Waals surface area contributed by atoms with E-state index in [0.29, 0.717) is 47.6 Å². The maximum atomic E-state index is 12.5. The molecule has 1 aromatic carbocycles. The summed E-state index contributed by atoms with van der Waals surface area (Å²) in [6.07, 6.45) is 3.73. The van der Waals surface area contributed by atoms with E-state index in [4.69, 9.17) is 21.1 Å². The standard InChI is InChI=1S/C22H26ClNO4S/c1-3-27-22(26)20-17-11-6-14(2)13-18(17)29-21(20)24-19(25)5-4-12-28-16-9-7-15(23)8-10-16/h7-10,14H,3-6,11-13H2,1-2H3,(H,24,25). The molecule has 1 heterocycles. The van der Waals surface area contributed by atoms with Gasteiger partial charge >= 0.3 is 5.97 Å². The van der Waals surface area contributed by atoms with Crippen LogP contribution in [0.2, 0.25) is 5.02 Å². The highest BCUT2D eigenvalue weighted by Crippen LogP contribution is 2.40. The molecule has 1 atom stereocenters. The van der Waals surface area contributed by atoms with Crippen molar-refractivity contribution >= 4 is 39.8 Å². The van der Waals surface area contributed by atoms with E-state index in [1.807, 2.05) is 0 Å². The molecule has 0 fully saturated rings. The van der Waals surface area contributed by atoms with Crippen molar-refractivity contribution in [3.63, 3.8) is 0 Å². The maximum absolute atomic E-state index is 12.5. The number of fused-ring (bicyclic) bond motifs is 1. The molecule has 0 aliphatic heterocycles. The van der Waals surface area contributed by atoms with Crippen molar-refractivity contribution in [1.82, 2.24) is 0 Å². The number of carbonyl (C=O) groups excluding carboxylic acids is 2. The summed E-state index contributed by atoms with van der Waals surface area (Å²) in [7, 11) is 0. The molecule has 1 amide bonds. The quantitative estimate of drug-likeness (QED) is 0.439.